The van der Waals surface area contributed by atoms with Gasteiger partial charge in [0.05, 0.1) is 17.0 Å². The minimum atomic E-state index is -4.72. The van der Waals surface area contributed by atoms with E-state index in [4.69, 9.17) is 0 Å². The molecule has 0 aliphatic rings. The van der Waals surface area contributed by atoms with Gasteiger partial charge in [0, 0.05) is 5.69 Å². The summed E-state index contributed by atoms with van der Waals surface area (Å²) in [5.74, 6) is -0.962. The number of hydrogen-bond acceptors (Lipinski definition) is 4. The molecule has 28 heavy (non-hydrogen) atoms. The van der Waals surface area contributed by atoms with Crippen molar-refractivity contribution >= 4 is 21.6 Å². The molecule has 0 saturated carbocycles. The van der Waals surface area contributed by atoms with Crippen LogP contribution in [-0.2, 0) is 21.0 Å². The van der Waals surface area contributed by atoms with E-state index in [2.05, 4.69) is 10.1 Å². The second-order valence-corrected chi connectivity index (χ2v) is 7.07. The van der Waals surface area contributed by atoms with E-state index in [1.807, 2.05) is 4.72 Å². The van der Waals surface area contributed by atoms with Gasteiger partial charge in [-0.15, -0.1) is 0 Å². The summed E-state index contributed by atoms with van der Waals surface area (Å²) in [6, 6.07) is 7.86. The first-order valence-corrected chi connectivity index (χ1v) is 8.97. The summed E-state index contributed by atoms with van der Waals surface area (Å²) >= 11 is 0. The van der Waals surface area contributed by atoms with E-state index in [1.165, 1.54) is 12.1 Å². The van der Waals surface area contributed by atoms with E-state index in [0.717, 1.165) is 24.3 Å². The van der Waals surface area contributed by atoms with Crippen LogP contribution in [0.3, 0.4) is 0 Å². The molecule has 0 radical (unpaired) electrons. The van der Waals surface area contributed by atoms with Crippen LogP contribution in [0.5, 0.6) is 5.75 Å². The van der Waals surface area contributed by atoms with Crippen molar-refractivity contribution < 1.29 is 39.9 Å². The van der Waals surface area contributed by atoms with Crippen LogP contribution in [0.4, 0.5) is 27.6 Å². The number of hydrogen-bond donors (Lipinski definition) is 2. The summed E-state index contributed by atoms with van der Waals surface area (Å²) in [5.41, 5.74) is -0.976. The Labute approximate surface area is 156 Å². The lowest BCUT2D eigenvalue weighted by Gasteiger charge is -2.11. The molecule has 152 valence electrons. The van der Waals surface area contributed by atoms with Crippen molar-refractivity contribution in [2.75, 3.05) is 11.9 Å². The highest BCUT2D eigenvalue weighted by atomic mass is 32.2. The highest BCUT2D eigenvalue weighted by Crippen LogP contribution is 2.30. The Morgan fingerprint density at radius 2 is 1.71 bits per heavy atom. The maximum atomic E-state index is 12.7. The van der Waals surface area contributed by atoms with Gasteiger partial charge < -0.3 is 10.1 Å². The third-order valence-corrected chi connectivity index (χ3v) is 4.66. The lowest BCUT2D eigenvalue weighted by atomic mass is 10.2. The molecule has 0 heterocycles. The minimum Gasteiger partial charge on any atom is -0.435 e. The molecule has 1 amide bonds. The van der Waals surface area contributed by atoms with Crippen LogP contribution >= 0.6 is 0 Å². The molecule has 6 nitrogen and oxygen atoms in total. The molecule has 0 aliphatic heterocycles. The number of nitrogens with one attached hydrogen (secondary N) is 2. The van der Waals surface area contributed by atoms with Gasteiger partial charge in [-0.25, -0.2) is 13.1 Å². The Kier molecular flexibility index (Phi) is 6.56. The number of amides is 1. The predicted octanol–water partition coefficient (Wildman–Crippen LogP) is 3.22. The fourth-order valence-corrected chi connectivity index (χ4v) is 3.04. The second kappa shape index (κ2) is 8.52. The molecule has 2 aromatic carbocycles. The molecule has 0 aromatic heterocycles. The van der Waals surface area contributed by atoms with Crippen molar-refractivity contribution in [3.63, 3.8) is 0 Å². The van der Waals surface area contributed by atoms with Crippen LogP contribution < -0.4 is 14.8 Å². The number of benzene rings is 2. The zero-order chi connectivity index (χ0) is 20.9. The Morgan fingerprint density at radius 1 is 1.07 bits per heavy atom. The van der Waals surface area contributed by atoms with Gasteiger partial charge in [-0.1, -0.05) is 6.07 Å². The fourth-order valence-electron chi connectivity index (χ4n) is 2.01. The van der Waals surface area contributed by atoms with E-state index in [-0.39, 0.29) is 11.4 Å². The maximum Gasteiger partial charge on any atom is 0.416 e. The second-order valence-electron chi connectivity index (χ2n) is 5.30. The fraction of sp³-hybridized carbons (Fsp3) is 0.188. The molecule has 2 N–H and O–H groups in total. The lowest BCUT2D eigenvalue weighted by molar-refractivity contribution is -0.137. The summed E-state index contributed by atoms with van der Waals surface area (Å²) in [7, 11) is -4.36. The van der Waals surface area contributed by atoms with Gasteiger partial charge in [0.2, 0.25) is 15.9 Å². The zero-order valence-electron chi connectivity index (χ0n) is 13.8. The van der Waals surface area contributed by atoms with Crippen LogP contribution in [0, 0.1) is 0 Å². The van der Waals surface area contributed by atoms with Crippen LogP contribution in [-0.4, -0.2) is 27.5 Å². The molecule has 0 saturated heterocycles. The topological polar surface area (TPSA) is 84.5 Å². The summed E-state index contributed by atoms with van der Waals surface area (Å²) in [5, 5.41) is 2.29. The first-order valence-electron chi connectivity index (χ1n) is 7.49. The smallest absolute Gasteiger partial charge is 0.416 e. The number of carbonyl (C=O) groups excluding carboxylic acids is 1. The van der Waals surface area contributed by atoms with E-state index < -0.39 is 45.7 Å². The maximum absolute atomic E-state index is 12.7. The molecule has 0 spiro atoms. The molecule has 0 aliphatic carbocycles. The molecule has 2 aromatic rings. The number of carbonyl (C=O) groups is 1. The van der Waals surface area contributed by atoms with Crippen LogP contribution in [0.15, 0.2) is 53.4 Å². The van der Waals surface area contributed by atoms with Crippen molar-refractivity contribution in [2.24, 2.45) is 0 Å². The summed E-state index contributed by atoms with van der Waals surface area (Å²) < 4.78 is 92.3. The normalized spacial score (nSPS) is 12.1. The quantitative estimate of drug-likeness (QED) is 0.669. The summed E-state index contributed by atoms with van der Waals surface area (Å²) in [6.07, 6.45) is -4.72. The molecule has 0 unspecified atom stereocenters. The predicted molar refractivity (Wildman–Crippen MR) is 88.3 cm³/mol. The van der Waals surface area contributed by atoms with Crippen LogP contribution in [0.2, 0.25) is 0 Å². The Bertz CT molecular complexity index is 931. The molecule has 12 heteroatoms. The molecule has 0 fully saturated rings. The first kappa shape index (κ1) is 21.6. The Hall–Kier alpha value is -2.73. The SMILES string of the molecule is O=C(CNS(=O)(=O)c1cccc(C(F)(F)F)c1)Nc1ccc(OC(F)F)cc1. The van der Waals surface area contributed by atoms with Gasteiger partial charge >= 0.3 is 12.8 Å². The Morgan fingerprint density at radius 3 is 2.29 bits per heavy atom. The van der Waals surface area contributed by atoms with Crippen LogP contribution in [0.25, 0.3) is 0 Å². The number of alkyl halides is 5. The zero-order valence-corrected chi connectivity index (χ0v) is 14.7. The van der Waals surface area contributed by atoms with Gasteiger partial charge in [0.25, 0.3) is 0 Å². The van der Waals surface area contributed by atoms with Crippen molar-refractivity contribution in [1.29, 1.82) is 0 Å². The van der Waals surface area contributed by atoms with Gasteiger partial charge in [-0.3, -0.25) is 4.79 Å². The van der Waals surface area contributed by atoms with Crippen molar-refractivity contribution in [1.82, 2.24) is 4.72 Å². The molecular formula is C16H13F5N2O4S. The largest absolute Gasteiger partial charge is 0.435 e. The number of sulfonamides is 1. The highest BCUT2D eigenvalue weighted by molar-refractivity contribution is 7.89. The van der Waals surface area contributed by atoms with E-state index in [1.54, 1.807) is 0 Å². The van der Waals surface area contributed by atoms with Crippen molar-refractivity contribution in [3.8, 4) is 5.75 Å². The van der Waals surface area contributed by atoms with Gasteiger partial charge in [-0.2, -0.15) is 22.0 Å². The van der Waals surface area contributed by atoms with E-state index in [0.29, 0.717) is 12.1 Å². The summed E-state index contributed by atoms with van der Waals surface area (Å²) in [4.78, 5) is 11.2. The number of halogens is 5. The average molecular weight is 424 g/mol. The highest BCUT2D eigenvalue weighted by Gasteiger charge is 2.31. The average Bonchev–Trinajstić information content (AvgIpc) is 2.61. The van der Waals surface area contributed by atoms with Crippen molar-refractivity contribution in [2.45, 2.75) is 17.7 Å². The summed E-state index contributed by atoms with van der Waals surface area (Å²) in [6.45, 7) is -3.76. The van der Waals surface area contributed by atoms with Crippen LogP contribution in [0.1, 0.15) is 5.56 Å². The monoisotopic (exact) mass is 424 g/mol. The third-order valence-electron chi connectivity index (χ3n) is 3.26. The lowest BCUT2D eigenvalue weighted by Crippen LogP contribution is -2.33. The number of ether oxygens (including phenoxy) is 1. The molecule has 0 bridgehead atoms. The van der Waals surface area contributed by atoms with Gasteiger partial charge in [0.15, 0.2) is 0 Å². The van der Waals surface area contributed by atoms with E-state index >= 15 is 0 Å². The van der Waals surface area contributed by atoms with Gasteiger partial charge in [0.1, 0.15) is 5.75 Å². The van der Waals surface area contributed by atoms with E-state index in [9.17, 15) is 35.2 Å². The molecule has 0 atom stereocenters. The first-order chi connectivity index (χ1) is 13.0. The molecule has 2 rings (SSSR count). The third kappa shape index (κ3) is 6.16. The minimum absolute atomic E-state index is 0.141. The number of anilines is 1. The standard InChI is InChI=1S/C16H13F5N2O4S/c17-15(18)27-12-6-4-11(5-7-12)23-14(24)9-22-28(25,26)13-3-1-2-10(8-13)16(19,20)21/h1-8,15,22H,9H2,(H,23,24). The number of rotatable bonds is 7. The van der Waals surface area contributed by atoms with Crippen molar-refractivity contribution in [3.05, 3.63) is 54.1 Å². The molecular weight excluding hydrogens is 411 g/mol. The van der Waals surface area contributed by atoms with Gasteiger partial charge in [-0.05, 0) is 42.5 Å². The Balaban J connectivity index is 1.98.